The summed E-state index contributed by atoms with van der Waals surface area (Å²) in [4.78, 5) is 31.3. The fourth-order valence-electron chi connectivity index (χ4n) is 2.22. The van der Waals surface area contributed by atoms with Crippen LogP contribution >= 0.6 is 11.3 Å². The fraction of sp³-hybridized carbons (Fsp3) is 0.615. The highest BCUT2D eigenvalue weighted by molar-refractivity contribution is 7.09. The van der Waals surface area contributed by atoms with Crippen molar-refractivity contribution < 1.29 is 9.59 Å². The molecule has 1 aromatic rings. The molecule has 1 atom stereocenters. The normalized spacial score (nSPS) is 22.5. The van der Waals surface area contributed by atoms with Crippen LogP contribution in [0.3, 0.4) is 0 Å². The highest BCUT2D eigenvalue weighted by Gasteiger charge is 2.45. The van der Waals surface area contributed by atoms with Gasteiger partial charge in [0.05, 0.1) is 12.1 Å². The van der Waals surface area contributed by atoms with Gasteiger partial charge >= 0.3 is 0 Å². The van der Waals surface area contributed by atoms with Crippen LogP contribution in [0.2, 0.25) is 0 Å². The Balaban J connectivity index is 2.24. The largest absolute Gasteiger partial charge is 0.342 e. The molecule has 1 aliphatic rings. The number of nitrogens with one attached hydrogen (secondary N) is 1. The average molecular weight is 281 g/mol. The molecule has 0 aliphatic carbocycles. The Bertz CT molecular complexity index is 470. The first-order chi connectivity index (χ1) is 8.96. The lowest BCUT2D eigenvalue weighted by Crippen LogP contribution is -2.67. The van der Waals surface area contributed by atoms with E-state index in [1.165, 1.54) is 11.3 Å². The van der Waals surface area contributed by atoms with Gasteiger partial charge in [-0.2, -0.15) is 0 Å². The number of nitrogens with zero attached hydrogens (tertiary/aromatic N) is 2. The molecular formula is C13H19N3O2S. The summed E-state index contributed by atoms with van der Waals surface area (Å²) < 4.78 is 0. The third kappa shape index (κ3) is 2.63. The maximum atomic E-state index is 12.5. The molecule has 6 heteroatoms. The van der Waals surface area contributed by atoms with Crippen molar-refractivity contribution in [3.05, 3.63) is 16.6 Å². The smallest absolute Gasteiger partial charge is 0.246 e. The van der Waals surface area contributed by atoms with Gasteiger partial charge in [0.25, 0.3) is 0 Å². The van der Waals surface area contributed by atoms with Crippen molar-refractivity contribution in [1.29, 1.82) is 0 Å². The van der Waals surface area contributed by atoms with Crippen LogP contribution in [0.1, 0.15) is 38.5 Å². The van der Waals surface area contributed by atoms with Crippen LogP contribution in [0.4, 0.5) is 0 Å². The van der Waals surface area contributed by atoms with E-state index in [0.717, 1.165) is 11.3 Å². The third-order valence-corrected chi connectivity index (χ3v) is 4.24. The molecule has 0 spiro atoms. The molecule has 0 bridgehead atoms. The standard InChI is InChI=1S/C13H19N3O2S/c1-4-5-10-11(17)16(7-9-6-14-8-19-9)13(2,3)12(18)15-10/h6,8,10H,4-5,7H2,1-3H3,(H,15,18). The van der Waals surface area contributed by atoms with Gasteiger partial charge in [0, 0.05) is 11.1 Å². The van der Waals surface area contributed by atoms with Crippen molar-refractivity contribution in [3.8, 4) is 0 Å². The van der Waals surface area contributed by atoms with Crippen LogP contribution in [0.5, 0.6) is 0 Å². The van der Waals surface area contributed by atoms with Crippen molar-refractivity contribution in [2.75, 3.05) is 0 Å². The van der Waals surface area contributed by atoms with Crippen LogP contribution in [0.15, 0.2) is 11.7 Å². The number of carbonyl (C=O) groups excluding carboxylic acids is 2. The van der Waals surface area contributed by atoms with Gasteiger partial charge in [0.2, 0.25) is 11.8 Å². The maximum absolute atomic E-state index is 12.5. The minimum atomic E-state index is -0.814. The Morgan fingerprint density at radius 3 is 2.79 bits per heavy atom. The molecule has 2 heterocycles. The molecule has 1 fully saturated rings. The lowest BCUT2D eigenvalue weighted by Gasteiger charge is -2.44. The fourth-order valence-corrected chi connectivity index (χ4v) is 2.80. The molecule has 1 aromatic heterocycles. The van der Waals surface area contributed by atoms with E-state index in [9.17, 15) is 9.59 Å². The summed E-state index contributed by atoms with van der Waals surface area (Å²) in [6, 6.07) is -0.390. The zero-order valence-corrected chi connectivity index (χ0v) is 12.3. The Morgan fingerprint density at radius 2 is 2.21 bits per heavy atom. The number of hydrogen-bond donors (Lipinski definition) is 1. The lowest BCUT2D eigenvalue weighted by molar-refractivity contribution is -0.156. The lowest BCUT2D eigenvalue weighted by atomic mass is 9.94. The molecule has 0 aromatic carbocycles. The molecular weight excluding hydrogens is 262 g/mol. The predicted molar refractivity (Wildman–Crippen MR) is 73.6 cm³/mol. The molecule has 0 radical (unpaired) electrons. The van der Waals surface area contributed by atoms with Gasteiger partial charge < -0.3 is 10.2 Å². The van der Waals surface area contributed by atoms with E-state index < -0.39 is 11.6 Å². The van der Waals surface area contributed by atoms with Crippen LogP contribution in [0, 0.1) is 0 Å². The Morgan fingerprint density at radius 1 is 1.47 bits per heavy atom. The Hall–Kier alpha value is -1.43. The van der Waals surface area contributed by atoms with Crippen LogP contribution < -0.4 is 5.32 Å². The number of hydrogen-bond acceptors (Lipinski definition) is 4. The van der Waals surface area contributed by atoms with E-state index in [-0.39, 0.29) is 11.8 Å². The first kappa shape index (κ1) is 14.0. The first-order valence-electron chi connectivity index (χ1n) is 6.46. The molecule has 19 heavy (non-hydrogen) atoms. The predicted octanol–water partition coefficient (Wildman–Crippen LogP) is 1.55. The molecule has 1 N–H and O–H groups in total. The number of rotatable bonds is 4. The molecule has 1 saturated heterocycles. The zero-order chi connectivity index (χ0) is 14.0. The van der Waals surface area contributed by atoms with Gasteiger partial charge in [-0.15, -0.1) is 11.3 Å². The SMILES string of the molecule is CCCC1NC(=O)C(C)(C)N(Cc2cncs2)C1=O. The number of carbonyl (C=O) groups is 2. The number of amides is 2. The molecule has 1 aliphatic heterocycles. The van der Waals surface area contributed by atoms with Gasteiger partial charge in [0.1, 0.15) is 11.6 Å². The second kappa shape index (κ2) is 5.28. The van der Waals surface area contributed by atoms with E-state index in [4.69, 9.17) is 0 Å². The second-order valence-corrected chi connectivity index (χ2v) is 6.24. The third-order valence-electron chi connectivity index (χ3n) is 3.47. The maximum Gasteiger partial charge on any atom is 0.246 e. The number of piperazine rings is 1. The highest BCUT2D eigenvalue weighted by atomic mass is 32.1. The van der Waals surface area contributed by atoms with Gasteiger partial charge in [-0.05, 0) is 20.3 Å². The summed E-state index contributed by atoms with van der Waals surface area (Å²) in [7, 11) is 0. The van der Waals surface area contributed by atoms with Crippen molar-refractivity contribution in [2.45, 2.75) is 51.7 Å². The van der Waals surface area contributed by atoms with E-state index in [1.54, 1.807) is 30.5 Å². The van der Waals surface area contributed by atoms with Crippen LogP contribution in [-0.2, 0) is 16.1 Å². The van der Waals surface area contributed by atoms with Gasteiger partial charge in [-0.25, -0.2) is 0 Å². The van der Waals surface area contributed by atoms with E-state index in [0.29, 0.717) is 13.0 Å². The summed E-state index contributed by atoms with van der Waals surface area (Å²) in [5, 5.41) is 2.82. The van der Waals surface area contributed by atoms with Crippen molar-refractivity contribution >= 4 is 23.2 Å². The summed E-state index contributed by atoms with van der Waals surface area (Å²) in [5.41, 5.74) is 0.922. The minimum absolute atomic E-state index is 0.000139. The van der Waals surface area contributed by atoms with Crippen molar-refractivity contribution in [1.82, 2.24) is 15.2 Å². The van der Waals surface area contributed by atoms with Gasteiger partial charge in [-0.1, -0.05) is 13.3 Å². The van der Waals surface area contributed by atoms with E-state index >= 15 is 0 Å². The van der Waals surface area contributed by atoms with Crippen molar-refractivity contribution in [2.24, 2.45) is 0 Å². The topological polar surface area (TPSA) is 62.3 Å². The van der Waals surface area contributed by atoms with Gasteiger partial charge in [0.15, 0.2) is 0 Å². The summed E-state index contributed by atoms with van der Waals surface area (Å²) in [5.74, 6) is -0.0880. The molecule has 104 valence electrons. The van der Waals surface area contributed by atoms with E-state index in [1.807, 2.05) is 6.92 Å². The average Bonchev–Trinajstić information content (AvgIpc) is 2.85. The molecule has 2 amide bonds. The quantitative estimate of drug-likeness (QED) is 0.911. The van der Waals surface area contributed by atoms with Crippen LogP contribution in [-0.4, -0.2) is 33.3 Å². The summed E-state index contributed by atoms with van der Waals surface area (Å²) >= 11 is 1.50. The van der Waals surface area contributed by atoms with Gasteiger partial charge in [-0.3, -0.25) is 14.6 Å². The van der Waals surface area contributed by atoms with Crippen molar-refractivity contribution in [3.63, 3.8) is 0 Å². The Labute approximate surface area is 117 Å². The minimum Gasteiger partial charge on any atom is -0.342 e. The molecule has 2 rings (SSSR count). The summed E-state index contributed by atoms with van der Waals surface area (Å²) in [6.45, 7) is 6.02. The highest BCUT2D eigenvalue weighted by Crippen LogP contribution is 2.25. The monoisotopic (exact) mass is 281 g/mol. The zero-order valence-electron chi connectivity index (χ0n) is 11.5. The van der Waals surface area contributed by atoms with Crippen LogP contribution in [0.25, 0.3) is 0 Å². The van der Waals surface area contributed by atoms with E-state index in [2.05, 4.69) is 10.3 Å². The second-order valence-electron chi connectivity index (χ2n) is 5.27. The molecule has 1 unspecified atom stereocenters. The Kier molecular flexibility index (Phi) is 3.89. The molecule has 5 nitrogen and oxygen atoms in total. The summed E-state index contributed by atoms with van der Waals surface area (Å²) in [6.07, 6.45) is 3.29. The number of aromatic nitrogens is 1. The number of thiazole rings is 1. The first-order valence-corrected chi connectivity index (χ1v) is 7.34. The molecule has 0 saturated carbocycles.